The number of esters is 1. The second kappa shape index (κ2) is 14.7. The van der Waals surface area contributed by atoms with Gasteiger partial charge in [-0.05, 0) is 49.9 Å². The third-order valence-corrected chi connectivity index (χ3v) is 6.74. The maximum atomic E-state index is 13.2. The summed E-state index contributed by atoms with van der Waals surface area (Å²) in [4.78, 5) is 27.5. The van der Waals surface area contributed by atoms with Gasteiger partial charge in [0.2, 0.25) is 5.91 Å². The molecule has 0 bridgehead atoms. The van der Waals surface area contributed by atoms with Gasteiger partial charge in [0.15, 0.2) is 0 Å². The predicted octanol–water partition coefficient (Wildman–Crippen LogP) is 2.35. The van der Waals surface area contributed by atoms with Gasteiger partial charge in [-0.3, -0.25) is 9.69 Å². The smallest absolute Gasteiger partial charge is 0.328 e. The molecule has 1 aromatic carbocycles. The summed E-state index contributed by atoms with van der Waals surface area (Å²) in [6.45, 7) is 1.44. The SMILES string of the molecule is COC(=O)[C@H](CCSC)NC(=O)[C@@H]1C[C@H](Oc2ccccc2)CN1CCCC[C@@H](N)CS. The molecule has 1 heterocycles. The molecule has 7 nitrogen and oxygen atoms in total. The maximum absolute atomic E-state index is 13.2. The summed E-state index contributed by atoms with van der Waals surface area (Å²) in [7, 11) is 1.35. The fourth-order valence-corrected chi connectivity index (χ4v) is 4.52. The van der Waals surface area contributed by atoms with Gasteiger partial charge in [-0.1, -0.05) is 24.6 Å². The van der Waals surface area contributed by atoms with Crippen LogP contribution in [0, 0.1) is 0 Å². The van der Waals surface area contributed by atoms with E-state index in [1.54, 1.807) is 11.8 Å². The summed E-state index contributed by atoms with van der Waals surface area (Å²) in [5.74, 6) is 1.68. The molecule has 9 heteroatoms. The van der Waals surface area contributed by atoms with E-state index in [1.807, 2.05) is 36.6 Å². The molecule has 3 N–H and O–H groups in total. The number of benzene rings is 1. The molecule has 0 aromatic heterocycles. The third-order valence-electron chi connectivity index (χ3n) is 5.63. The lowest BCUT2D eigenvalue weighted by atomic mass is 10.1. The quantitative estimate of drug-likeness (QED) is 0.212. The Bertz CT molecular complexity index is 695. The Labute approximate surface area is 201 Å². The zero-order valence-electron chi connectivity index (χ0n) is 19.1. The number of likely N-dealkylation sites (tertiary alicyclic amines) is 1. The van der Waals surface area contributed by atoms with Gasteiger partial charge >= 0.3 is 5.97 Å². The van der Waals surface area contributed by atoms with Crippen LogP contribution in [0.1, 0.15) is 32.1 Å². The average molecular weight is 484 g/mol. The second-order valence-corrected chi connectivity index (χ2v) is 9.45. The highest BCUT2D eigenvalue weighted by molar-refractivity contribution is 7.98. The number of amides is 1. The van der Waals surface area contributed by atoms with Crippen molar-refractivity contribution in [3.8, 4) is 5.75 Å². The van der Waals surface area contributed by atoms with Gasteiger partial charge in [0.1, 0.15) is 17.9 Å². The predicted molar refractivity (Wildman–Crippen MR) is 133 cm³/mol. The molecule has 0 unspecified atom stereocenters. The molecule has 0 aliphatic carbocycles. The lowest BCUT2D eigenvalue weighted by Gasteiger charge is -2.25. The van der Waals surface area contributed by atoms with E-state index < -0.39 is 12.0 Å². The van der Waals surface area contributed by atoms with Crippen molar-refractivity contribution in [3.05, 3.63) is 30.3 Å². The van der Waals surface area contributed by atoms with E-state index in [9.17, 15) is 9.59 Å². The first-order valence-electron chi connectivity index (χ1n) is 11.2. The van der Waals surface area contributed by atoms with Gasteiger partial charge in [0.25, 0.3) is 0 Å². The number of methoxy groups -OCH3 is 1. The number of unbranched alkanes of at least 4 members (excludes halogenated alkanes) is 1. The monoisotopic (exact) mass is 483 g/mol. The van der Waals surface area contributed by atoms with E-state index >= 15 is 0 Å². The van der Waals surface area contributed by atoms with E-state index in [4.69, 9.17) is 15.2 Å². The highest BCUT2D eigenvalue weighted by Crippen LogP contribution is 2.24. The molecule has 1 aliphatic heterocycles. The number of carbonyl (C=O) groups is 2. The van der Waals surface area contributed by atoms with Crippen molar-refractivity contribution in [1.82, 2.24) is 10.2 Å². The fourth-order valence-electron chi connectivity index (χ4n) is 3.87. The van der Waals surface area contributed by atoms with Gasteiger partial charge in [-0.25, -0.2) is 4.79 Å². The Morgan fingerprint density at radius 1 is 1.28 bits per heavy atom. The minimum atomic E-state index is -0.635. The van der Waals surface area contributed by atoms with Gasteiger partial charge in [0.05, 0.1) is 13.2 Å². The number of carbonyl (C=O) groups excluding carboxylic acids is 2. The van der Waals surface area contributed by atoms with E-state index in [0.717, 1.165) is 37.3 Å². The first kappa shape index (κ1) is 26.8. The van der Waals surface area contributed by atoms with E-state index in [1.165, 1.54) is 7.11 Å². The number of thiol groups is 1. The van der Waals surface area contributed by atoms with Gasteiger partial charge < -0.3 is 20.5 Å². The zero-order chi connectivity index (χ0) is 23.3. The Balaban J connectivity index is 2.01. The molecule has 1 saturated heterocycles. The number of nitrogens with two attached hydrogens (primary N) is 1. The minimum absolute atomic E-state index is 0.0874. The molecule has 1 fully saturated rings. The minimum Gasteiger partial charge on any atom is -0.489 e. The van der Waals surface area contributed by atoms with Crippen LogP contribution in [0.25, 0.3) is 0 Å². The number of hydrogen-bond donors (Lipinski definition) is 3. The number of rotatable bonds is 14. The molecule has 1 amide bonds. The molecule has 4 atom stereocenters. The largest absolute Gasteiger partial charge is 0.489 e. The van der Waals surface area contributed by atoms with Gasteiger partial charge in [0, 0.05) is 24.8 Å². The topological polar surface area (TPSA) is 93.9 Å². The highest BCUT2D eigenvalue weighted by atomic mass is 32.2. The number of thioether (sulfide) groups is 1. The first-order valence-corrected chi connectivity index (χ1v) is 13.2. The summed E-state index contributed by atoms with van der Waals surface area (Å²) in [6.07, 6.45) is 5.84. The van der Waals surface area contributed by atoms with Crippen LogP contribution < -0.4 is 15.8 Å². The molecule has 180 valence electrons. The molecule has 1 aromatic rings. The van der Waals surface area contributed by atoms with E-state index in [2.05, 4.69) is 22.8 Å². The summed E-state index contributed by atoms with van der Waals surface area (Å²) < 4.78 is 11.0. The van der Waals surface area contributed by atoms with Crippen LogP contribution in [0.2, 0.25) is 0 Å². The van der Waals surface area contributed by atoms with Crippen LogP contribution >= 0.6 is 24.4 Å². The molecule has 1 aliphatic rings. The number of para-hydroxylation sites is 1. The Kier molecular flexibility index (Phi) is 12.3. The van der Waals surface area contributed by atoms with Crippen molar-refractivity contribution in [2.24, 2.45) is 5.73 Å². The molecule has 2 rings (SSSR count). The van der Waals surface area contributed by atoms with Crippen molar-refractivity contribution in [1.29, 1.82) is 0 Å². The average Bonchev–Trinajstić information content (AvgIpc) is 3.21. The molecular weight excluding hydrogens is 446 g/mol. The van der Waals surface area contributed by atoms with E-state index in [0.29, 0.717) is 25.1 Å². The Morgan fingerprint density at radius 2 is 2.03 bits per heavy atom. The molecule has 0 saturated carbocycles. The third kappa shape index (κ3) is 8.84. The second-order valence-electron chi connectivity index (χ2n) is 8.10. The van der Waals surface area contributed by atoms with Gasteiger partial charge in [-0.2, -0.15) is 24.4 Å². The molecule has 0 spiro atoms. The van der Waals surface area contributed by atoms with Gasteiger partial charge in [-0.15, -0.1) is 0 Å². The van der Waals surface area contributed by atoms with Crippen LogP contribution in [-0.2, 0) is 14.3 Å². The summed E-state index contributed by atoms with van der Waals surface area (Å²) >= 11 is 5.87. The number of hydrogen-bond acceptors (Lipinski definition) is 8. The number of nitrogens with zero attached hydrogens (tertiary/aromatic N) is 1. The summed E-state index contributed by atoms with van der Waals surface area (Å²) in [6, 6.07) is 8.78. The summed E-state index contributed by atoms with van der Waals surface area (Å²) in [5.41, 5.74) is 5.97. The highest BCUT2D eigenvalue weighted by Gasteiger charge is 2.39. The fraction of sp³-hybridized carbons (Fsp3) is 0.652. The lowest BCUT2D eigenvalue weighted by molar-refractivity contribution is -0.145. The van der Waals surface area contributed by atoms with E-state index in [-0.39, 0.29) is 24.1 Å². The van der Waals surface area contributed by atoms with Crippen molar-refractivity contribution < 1.29 is 19.1 Å². The van der Waals surface area contributed by atoms with Crippen molar-refractivity contribution in [3.63, 3.8) is 0 Å². The summed E-state index contributed by atoms with van der Waals surface area (Å²) in [5, 5.41) is 2.92. The Morgan fingerprint density at radius 3 is 2.69 bits per heavy atom. The van der Waals surface area contributed by atoms with Crippen molar-refractivity contribution in [2.45, 2.75) is 56.3 Å². The molecule has 0 radical (unpaired) electrons. The maximum Gasteiger partial charge on any atom is 0.328 e. The van der Waals surface area contributed by atoms with Crippen molar-refractivity contribution >= 4 is 36.3 Å². The van der Waals surface area contributed by atoms with Crippen LogP contribution in [0.3, 0.4) is 0 Å². The number of nitrogens with one attached hydrogen (secondary N) is 1. The normalized spacial score (nSPS) is 20.5. The van der Waals surface area contributed by atoms with Crippen LogP contribution in [0.15, 0.2) is 30.3 Å². The zero-order valence-corrected chi connectivity index (χ0v) is 20.8. The lowest BCUT2D eigenvalue weighted by Crippen LogP contribution is -2.50. The van der Waals surface area contributed by atoms with Crippen molar-refractivity contribution in [2.75, 3.05) is 38.0 Å². The van der Waals surface area contributed by atoms with Crippen LogP contribution in [-0.4, -0.2) is 79.0 Å². The molecular formula is C23H37N3O4S2. The molecule has 32 heavy (non-hydrogen) atoms. The number of ether oxygens (including phenoxy) is 2. The van der Waals surface area contributed by atoms with Crippen LogP contribution in [0.5, 0.6) is 5.75 Å². The first-order chi connectivity index (χ1) is 15.5. The standard InChI is InChI=1S/C23H37N3O4S2/c1-29-23(28)20(11-13-32-2)25-22(27)21-14-19(30-18-9-4-3-5-10-18)15-26(21)12-7-6-8-17(24)16-31/h3-5,9-10,17,19-21,31H,6-8,11-16,24H2,1-2H3,(H,25,27)/t17-,19+,20+,21+/m1/s1. The van der Waals surface area contributed by atoms with Crippen LogP contribution in [0.4, 0.5) is 0 Å². The Hall–Kier alpha value is -1.42.